The molecule has 0 saturated heterocycles. The molecule has 2 rings (SSSR count). The molecule has 2 nitrogen and oxygen atoms in total. The number of hydrogen-bond acceptors (Lipinski definition) is 2. The summed E-state index contributed by atoms with van der Waals surface area (Å²) >= 11 is 3.46. The molecule has 1 aromatic carbocycles. The highest BCUT2D eigenvalue weighted by Gasteiger charge is 2.01. The van der Waals surface area contributed by atoms with Crippen molar-refractivity contribution in [1.82, 2.24) is 4.98 Å². The summed E-state index contributed by atoms with van der Waals surface area (Å²) in [7, 11) is 2.13. The molecule has 94 valence electrons. The molecule has 0 radical (unpaired) electrons. The lowest BCUT2D eigenvalue weighted by molar-refractivity contribution is 0.874. The van der Waals surface area contributed by atoms with Gasteiger partial charge in [0.2, 0.25) is 0 Å². The molecule has 0 N–H and O–H groups in total. The summed E-state index contributed by atoms with van der Waals surface area (Å²) < 4.78 is 0. The third-order valence-corrected chi connectivity index (χ3v) is 3.66. The Morgan fingerprint density at radius 2 is 1.67 bits per heavy atom. The van der Waals surface area contributed by atoms with Gasteiger partial charge in [0.15, 0.2) is 0 Å². The first-order chi connectivity index (χ1) is 8.79. The average Bonchev–Trinajstić information content (AvgIpc) is 2.46. The Balaban J connectivity index is 1.93. The van der Waals surface area contributed by atoms with Gasteiger partial charge >= 0.3 is 0 Å². The van der Waals surface area contributed by atoms with Crippen molar-refractivity contribution in [2.24, 2.45) is 0 Å². The van der Waals surface area contributed by atoms with Crippen LogP contribution in [0.2, 0.25) is 0 Å². The fraction of sp³-hybridized carbons (Fsp3) is 0.267. The molecule has 0 amide bonds. The number of anilines is 1. The molecule has 1 aromatic heterocycles. The van der Waals surface area contributed by atoms with Gasteiger partial charge in [0.05, 0.1) is 0 Å². The van der Waals surface area contributed by atoms with Gasteiger partial charge in [0, 0.05) is 37.0 Å². The molecule has 0 aliphatic rings. The van der Waals surface area contributed by atoms with Gasteiger partial charge in [-0.05, 0) is 41.8 Å². The van der Waals surface area contributed by atoms with Gasteiger partial charge in [-0.15, -0.1) is 0 Å². The quantitative estimate of drug-likeness (QED) is 0.784. The first-order valence-electron chi connectivity index (χ1n) is 6.04. The van der Waals surface area contributed by atoms with Crippen LogP contribution in [0.3, 0.4) is 0 Å². The minimum Gasteiger partial charge on any atom is -0.374 e. The number of rotatable bonds is 5. The van der Waals surface area contributed by atoms with Crippen molar-refractivity contribution in [2.75, 3.05) is 18.5 Å². The zero-order valence-corrected chi connectivity index (χ0v) is 12.1. The van der Waals surface area contributed by atoms with E-state index in [0.717, 1.165) is 18.3 Å². The Kier molecular flexibility index (Phi) is 4.76. The van der Waals surface area contributed by atoms with E-state index < -0.39 is 0 Å². The molecule has 18 heavy (non-hydrogen) atoms. The highest BCUT2D eigenvalue weighted by atomic mass is 79.9. The Labute approximate surface area is 117 Å². The standard InChI is InChI=1S/C15H17BrN2/c1-18(11-8-13-6-9-17-10-7-13)15-4-2-14(12-16)3-5-15/h2-7,9-10H,8,11-12H2,1H3. The molecule has 1 heterocycles. The molecule has 0 fully saturated rings. The molecule has 0 unspecified atom stereocenters. The Morgan fingerprint density at radius 3 is 2.28 bits per heavy atom. The van der Waals surface area contributed by atoms with Gasteiger partial charge in [-0.3, -0.25) is 4.98 Å². The molecule has 0 aliphatic carbocycles. The Morgan fingerprint density at radius 1 is 1.00 bits per heavy atom. The van der Waals surface area contributed by atoms with Crippen LogP contribution in [0.5, 0.6) is 0 Å². The fourth-order valence-corrected chi connectivity index (χ4v) is 2.19. The molecular weight excluding hydrogens is 288 g/mol. The minimum atomic E-state index is 0.911. The monoisotopic (exact) mass is 304 g/mol. The average molecular weight is 305 g/mol. The maximum Gasteiger partial charge on any atom is 0.0363 e. The molecule has 0 saturated carbocycles. The van der Waals surface area contributed by atoms with Crippen molar-refractivity contribution >= 4 is 21.6 Å². The van der Waals surface area contributed by atoms with Crippen LogP contribution in [0, 0.1) is 0 Å². The predicted molar refractivity (Wildman–Crippen MR) is 80.3 cm³/mol. The van der Waals surface area contributed by atoms with Crippen LogP contribution in [-0.2, 0) is 11.8 Å². The van der Waals surface area contributed by atoms with Gasteiger partial charge in [-0.25, -0.2) is 0 Å². The molecular formula is C15H17BrN2. The summed E-state index contributed by atoms with van der Waals surface area (Å²) in [5.41, 5.74) is 3.89. The lowest BCUT2D eigenvalue weighted by atomic mass is 10.2. The van der Waals surface area contributed by atoms with Crippen LogP contribution < -0.4 is 4.90 Å². The van der Waals surface area contributed by atoms with Crippen LogP contribution >= 0.6 is 15.9 Å². The van der Waals surface area contributed by atoms with E-state index >= 15 is 0 Å². The van der Waals surface area contributed by atoms with Gasteiger partial charge in [0.1, 0.15) is 0 Å². The maximum absolute atomic E-state index is 4.03. The first kappa shape index (κ1) is 13.1. The number of alkyl halides is 1. The second-order valence-corrected chi connectivity index (χ2v) is 4.89. The Hall–Kier alpha value is -1.35. The summed E-state index contributed by atoms with van der Waals surface area (Å²) in [6, 6.07) is 12.8. The van der Waals surface area contributed by atoms with Crippen molar-refractivity contribution in [3.8, 4) is 0 Å². The lowest BCUT2D eigenvalue weighted by Crippen LogP contribution is -2.20. The van der Waals surface area contributed by atoms with Gasteiger partial charge in [-0.2, -0.15) is 0 Å². The number of aromatic nitrogens is 1. The van der Waals surface area contributed by atoms with E-state index in [2.05, 4.69) is 69.3 Å². The second kappa shape index (κ2) is 6.55. The summed E-state index contributed by atoms with van der Waals surface area (Å²) in [6.45, 7) is 1.01. The Bertz CT molecular complexity index is 468. The van der Waals surface area contributed by atoms with Crippen molar-refractivity contribution in [3.63, 3.8) is 0 Å². The summed E-state index contributed by atoms with van der Waals surface area (Å²) in [4.78, 5) is 6.31. The summed E-state index contributed by atoms with van der Waals surface area (Å²) in [5, 5.41) is 0.911. The van der Waals surface area contributed by atoms with E-state index in [-0.39, 0.29) is 0 Å². The lowest BCUT2D eigenvalue weighted by Gasteiger charge is -2.19. The van der Waals surface area contributed by atoms with E-state index in [4.69, 9.17) is 0 Å². The molecule has 0 spiro atoms. The SMILES string of the molecule is CN(CCc1ccncc1)c1ccc(CBr)cc1. The number of pyridine rings is 1. The largest absolute Gasteiger partial charge is 0.374 e. The topological polar surface area (TPSA) is 16.1 Å². The van der Waals surface area contributed by atoms with Crippen molar-refractivity contribution in [2.45, 2.75) is 11.8 Å². The molecule has 0 atom stereocenters. The summed E-state index contributed by atoms with van der Waals surface area (Å²) in [5.74, 6) is 0. The number of likely N-dealkylation sites (N-methyl/N-ethyl adjacent to an activating group) is 1. The fourth-order valence-electron chi connectivity index (χ4n) is 1.81. The van der Waals surface area contributed by atoms with Crippen molar-refractivity contribution < 1.29 is 0 Å². The highest BCUT2D eigenvalue weighted by molar-refractivity contribution is 9.08. The normalized spacial score (nSPS) is 10.3. The van der Waals surface area contributed by atoms with E-state index in [1.54, 1.807) is 0 Å². The maximum atomic E-state index is 4.03. The zero-order valence-electron chi connectivity index (χ0n) is 10.5. The van der Waals surface area contributed by atoms with E-state index in [0.29, 0.717) is 0 Å². The third kappa shape index (κ3) is 3.57. The third-order valence-electron chi connectivity index (χ3n) is 3.02. The van der Waals surface area contributed by atoms with E-state index in [9.17, 15) is 0 Å². The van der Waals surface area contributed by atoms with Crippen molar-refractivity contribution in [3.05, 3.63) is 59.9 Å². The molecule has 2 aromatic rings. The van der Waals surface area contributed by atoms with Crippen LogP contribution in [-0.4, -0.2) is 18.6 Å². The molecule has 3 heteroatoms. The number of halogens is 1. The first-order valence-corrected chi connectivity index (χ1v) is 7.16. The number of nitrogens with zero attached hydrogens (tertiary/aromatic N) is 2. The molecule has 0 aliphatic heterocycles. The second-order valence-electron chi connectivity index (χ2n) is 4.33. The van der Waals surface area contributed by atoms with E-state index in [1.807, 2.05) is 12.4 Å². The smallest absolute Gasteiger partial charge is 0.0363 e. The zero-order chi connectivity index (χ0) is 12.8. The minimum absolute atomic E-state index is 0.911. The van der Waals surface area contributed by atoms with Gasteiger partial charge in [-0.1, -0.05) is 28.1 Å². The van der Waals surface area contributed by atoms with Crippen LogP contribution in [0.25, 0.3) is 0 Å². The van der Waals surface area contributed by atoms with E-state index in [1.165, 1.54) is 16.8 Å². The van der Waals surface area contributed by atoms with Crippen LogP contribution in [0.1, 0.15) is 11.1 Å². The van der Waals surface area contributed by atoms with Gasteiger partial charge in [0.25, 0.3) is 0 Å². The molecule has 0 bridgehead atoms. The van der Waals surface area contributed by atoms with Crippen LogP contribution in [0.15, 0.2) is 48.8 Å². The van der Waals surface area contributed by atoms with Crippen molar-refractivity contribution in [1.29, 1.82) is 0 Å². The highest BCUT2D eigenvalue weighted by Crippen LogP contribution is 2.15. The van der Waals surface area contributed by atoms with Gasteiger partial charge < -0.3 is 4.90 Å². The predicted octanol–water partition coefficient (Wildman–Crippen LogP) is 3.66. The number of hydrogen-bond donors (Lipinski definition) is 0. The summed E-state index contributed by atoms with van der Waals surface area (Å²) in [6.07, 6.45) is 4.74. The van der Waals surface area contributed by atoms with Crippen LogP contribution in [0.4, 0.5) is 5.69 Å². The number of benzene rings is 1.